The smallest absolute Gasteiger partial charge is 0.246 e. The molecule has 3 nitrogen and oxygen atoms in total. The van der Waals surface area contributed by atoms with Crippen molar-refractivity contribution in [3.05, 3.63) is 70.8 Å². The molecule has 1 fully saturated rings. The van der Waals surface area contributed by atoms with Crippen LogP contribution >= 0.6 is 11.6 Å². The van der Waals surface area contributed by atoms with Crippen LogP contribution in [-0.4, -0.2) is 37.0 Å². The molecule has 0 atom stereocenters. The number of carbonyl (C=O) groups is 1. The summed E-state index contributed by atoms with van der Waals surface area (Å²) < 4.78 is 0. The van der Waals surface area contributed by atoms with Gasteiger partial charge in [0.25, 0.3) is 0 Å². The molecular weight excluding hydrogens is 320 g/mol. The van der Waals surface area contributed by atoms with E-state index in [9.17, 15) is 4.79 Å². The van der Waals surface area contributed by atoms with Crippen LogP contribution in [0, 0.1) is 6.92 Å². The molecule has 1 aliphatic rings. The lowest BCUT2D eigenvalue weighted by molar-refractivity contribution is -0.126. The molecule has 1 heterocycles. The minimum absolute atomic E-state index is 0.0545. The van der Waals surface area contributed by atoms with E-state index in [1.165, 1.54) is 11.3 Å². The Morgan fingerprint density at radius 3 is 2.50 bits per heavy atom. The number of hydrogen-bond donors (Lipinski definition) is 0. The Bertz CT molecular complexity index is 749. The Balaban J connectivity index is 1.57. The number of amides is 1. The SMILES string of the molecule is Cc1cccc(N2CCN(C(=O)/C=C/c3cccc(Cl)c3)CC2)c1. The molecule has 4 heteroatoms. The van der Waals surface area contributed by atoms with Gasteiger partial charge in [-0.05, 0) is 48.4 Å². The van der Waals surface area contributed by atoms with Gasteiger partial charge in [0, 0.05) is 43.0 Å². The van der Waals surface area contributed by atoms with E-state index >= 15 is 0 Å². The van der Waals surface area contributed by atoms with Gasteiger partial charge in [-0.15, -0.1) is 0 Å². The van der Waals surface area contributed by atoms with Gasteiger partial charge in [-0.25, -0.2) is 0 Å². The van der Waals surface area contributed by atoms with Crippen LogP contribution in [-0.2, 0) is 4.79 Å². The second-order valence-electron chi connectivity index (χ2n) is 6.04. The lowest BCUT2D eigenvalue weighted by Gasteiger charge is -2.35. The van der Waals surface area contributed by atoms with Crippen molar-refractivity contribution in [2.24, 2.45) is 0 Å². The maximum absolute atomic E-state index is 12.3. The van der Waals surface area contributed by atoms with Crippen LogP contribution in [0.3, 0.4) is 0 Å². The monoisotopic (exact) mass is 340 g/mol. The van der Waals surface area contributed by atoms with Crippen LogP contribution in [0.25, 0.3) is 6.08 Å². The molecule has 0 N–H and O–H groups in total. The van der Waals surface area contributed by atoms with Crippen molar-refractivity contribution in [3.63, 3.8) is 0 Å². The van der Waals surface area contributed by atoms with Crippen LogP contribution in [0.1, 0.15) is 11.1 Å². The first kappa shape index (κ1) is 16.6. The first-order chi connectivity index (χ1) is 11.6. The Morgan fingerprint density at radius 2 is 1.79 bits per heavy atom. The van der Waals surface area contributed by atoms with Crippen LogP contribution < -0.4 is 4.90 Å². The summed E-state index contributed by atoms with van der Waals surface area (Å²) in [6, 6.07) is 16.0. The summed E-state index contributed by atoms with van der Waals surface area (Å²) in [7, 11) is 0. The van der Waals surface area contributed by atoms with Crippen LogP contribution in [0.15, 0.2) is 54.6 Å². The van der Waals surface area contributed by atoms with Crippen molar-refractivity contribution in [2.45, 2.75) is 6.92 Å². The van der Waals surface area contributed by atoms with Crippen molar-refractivity contribution in [1.29, 1.82) is 0 Å². The topological polar surface area (TPSA) is 23.6 Å². The fourth-order valence-corrected chi connectivity index (χ4v) is 3.09. The van der Waals surface area contributed by atoms with Gasteiger partial charge in [-0.3, -0.25) is 4.79 Å². The maximum atomic E-state index is 12.3. The zero-order valence-electron chi connectivity index (χ0n) is 13.8. The average Bonchev–Trinajstić information content (AvgIpc) is 2.60. The maximum Gasteiger partial charge on any atom is 0.246 e. The van der Waals surface area contributed by atoms with Gasteiger partial charge in [0.1, 0.15) is 0 Å². The number of halogens is 1. The molecule has 1 amide bonds. The molecule has 2 aromatic carbocycles. The molecule has 0 aliphatic carbocycles. The highest BCUT2D eigenvalue weighted by molar-refractivity contribution is 6.30. The predicted octanol–water partition coefficient (Wildman–Crippen LogP) is 4.01. The second-order valence-corrected chi connectivity index (χ2v) is 6.48. The number of piperazine rings is 1. The number of rotatable bonds is 3. The zero-order chi connectivity index (χ0) is 16.9. The number of hydrogen-bond acceptors (Lipinski definition) is 2. The molecule has 1 saturated heterocycles. The fraction of sp³-hybridized carbons (Fsp3) is 0.250. The quantitative estimate of drug-likeness (QED) is 0.788. The second kappa shape index (κ2) is 7.54. The fourth-order valence-electron chi connectivity index (χ4n) is 2.89. The summed E-state index contributed by atoms with van der Waals surface area (Å²) in [5.74, 6) is 0.0545. The minimum atomic E-state index is 0.0545. The van der Waals surface area contributed by atoms with Crippen LogP contribution in [0.4, 0.5) is 5.69 Å². The number of anilines is 1. The normalized spacial score (nSPS) is 15.1. The standard InChI is InChI=1S/C20H21ClN2O/c1-16-4-2-7-19(14-16)22-10-12-23(13-11-22)20(24)9-8-17-5-3-6-18(21)15-17/h2-9,14-15H,10-13H2,1H3/b9-8+. The van der Waals surface area contributed by atoms with Crippen LogP contribution in [0.2, 0.25) is 5.02 Å². The van der Waals surface area contributed by atoms with E-state index in [0.29, 0.717) is 5.02 Å². The van der Waals surface area contributed by atoms with Gasteiger partial charge in [0.05, 0.1) is 0 Å². The van der Waals surface area contributed by atoms with Gasteiger partial charge < -0.3 is 9.80 Å². The van der Waals surface area contributed by atoms with Crippen LogP contribution in [0.5, 0.6) is 0 Å². The number of nitrogens with zero attached hydrogens (tertiary/aromatic N) is 2. The molecule has 0 spiro atoms. The largest absolute Gasteiger partial charge is 0.368 e. The van der Waals surface area contributed by atoms with E-state index in [1.807, 2.05) is 35.2 Å². The van der Waals surface area contributed by atoms with Gasteiger partial charge in [0.2, 0.25) is 5.91 Å². The van der Waals surface area contributed by atoms with Crippen molar-refractivity contribution < 1.29 is 4.79 Å². The van der Waals surface area contributed by atoms with Crippen molar-refractivity contribution in [3.8, 4) is 0 Å². The Labute approximate surface area is 148 Å². The summed E-state index contributed by atoms with van der Waals surface area (Å²) in [6.07, 6.45) is 3.45. The highest BCUT2D eigenvalue weighted by atomic mass is 35.5. The third-order valence-electron chi connectivity index (χ3n) is 4.23. The number of benzene rings is 2. The van der Waals surface area contributed by atoms with E-state index in [0.717, 1.165) is 31.7 Å². The van der Waals surface area contributed by atoms with Crippen molar-refractivity contribution in [1.82, 2.24) is 4.90 Å². The summed E-state index contributed by atoms with van der Waals surface area (Å²) >= 11 is 5.96. The third-order valence-corrected chi connectivity index (χ3v) is 4.46. The van der Waals surface area contributed by atoms with E-state index in [1.54, 1.807) is 6.08 Å². The van der Waals surface area contributed by atoms with Gasteiger partial charge in [0.15, 0.2) is 0 Å². The lowest BCUT2D eigenvalue weighted by Crippen LogP contribution is -2.48. The summed E-state index contributed by atoms with van der Waals surface area (Å²) in [4.78, 5) is 16.6. The summed E-state index contributed by atoms with van der Waals surface area (Å²) in [5, 5.41) is 0.677. The van der Waals surface area contributed by atoms with Gasteiger partial charge >= 0.3 is 0 Å². The van der Waals surface area contributed by atoms with E-state index in [4.69, 9.17) is 11.6 Å². The summed E-state index contributed by atoms with van der Waals surface area (Å²) in [5.41, 5.74) is 3.43. The zero-order valence-corrected chi connectivity index (χ0v) is 14.5. The molecule has 0 unspecified atom stereocenters. The average molecular weight is 341 g/mol. The first-order valence-electron chi connectivity index (χ1n) is 8.16. The van der Waals surface area contributed by atoms with E-state index in [2.05, 4.69) is 36.1 Å². The Kier molecular flexibility index (Phi) is 5.21. The lowest BCUT2D eigenvalue weighted by atomic mass is 10.2. The molecule has 2 aromatic rings. The molecule has 0 radical (unpaired) electrons. The Hall–Kier alpha value is -2.26. The summed E-state index contributed by atoms with van der Waals surface area (Å²) in [6.45, 7) is 5.31. The predicted molar refractivity (Wildman–Crippen MR) is 100 cm³/mol. The molecule has 0 bridgehead atoms. The van der Waals surface area contributed by atoms with Crippen molar-refractivity contribution >= 4 is 29.3 Å². The molecule has 0 saturated carbocycles. The van der Waals surface area contributed by atoms with E-state index < -0.39 is 0 Å². The highest BCUT2D eigenvalue weighted by Crippen LogP contribution is 2.18. The molecule has 124 valence electrons. The molecule has 24 heavy (non-hydrogen) atoms. The van der Waals surface area contributed by atoms with Gasteiger partial charge in [-0.1, -0.05) is 35.9 Å². The highest BCUT2D eigenvalue weighted by Gasteiger charge is 2.19. The third kappa shape index (κ3) is 4.18. The molecular formula is C20H21ClN2O. The minimum Gasteiger partial charge on any atom is -0.368 e. The van der Waals surface area contributed by atoms with E-state index in [-0.39, 0.29) is 5.91 Å². The number of carbonyl (C=O) groups excluding carboxylic acids is 1. The van der Waals surface area contributed by atoms with Crippen molar-refractivity contribution in [2.75, 3.05) is 31.1 Å². The molecule has 0 aromatic heterocycles. The first-order valence-corrected chi connectivity index (χ1v) is 8.54. The van der Waals surface area contributed by atoms with Gasteiger partial charge in [-0.2, -0.15) is 0 Å². The number of aryl methyl sites for hydroxylation is 1. The Morgan fingerprint density at radius 1 is 1.04 bits per heavy atom. The molecule has 1 aliphatic heterocycles. The molecule has 3 rings (SSSR count).